The number of rotatable bonds is 7. The summed E-state index contributed by atoms with van der Waals surface area (Å²) >= 11 is 7.15. The maximum atomic E-state index is 12.0. The number of sulfone groups is 1. The summed E-state index contributed by atoms with van der Waals surface area (Å²) in [6, 6.07) is 6.11. The third kappa shape index (κ3) is 5.34. The van der Waals surface area contributed by atoms with Crippen LogP contribution in [0.25, 0.3) is 0 Å². The van der Waals surface area contributed by atoms with Crippen LogP contribution in [-0.4, -0.2) is 38.8 Å². The molecule has 1 atom stereocenters. The highest BCUT2D eigenvalue weighted by atomic mass is 35.5. The van der Waals surface area contributed by atoms with Crippen LogP contribution in [0.1, 0.15) is 6.92 Å². The Labute approximate surface area is 128 Å². The number of hydrogen-bond donors (Lipinski definition) is 0. The van der Waals surface area contributed by atoms with Crippen molar-refractivity contribution in [3.8, 4) is 0 Å². The smallest absolute Gasteiger partial charge is 0.309 e. The van der Waals surface area contributed by atoms with Gasteiger partial charge in [0.15, 0.2) is 9.84 Å². The van der Waals surface area contributed by atoms with Crippen molar-refractivity contribution in [1.82, 2.24) is 0 Å². The Morgan fingerprint density at radius 3 is 2.50 bits per heavy atom. The zero-order valence-electron chi connectivity index (χ0n) is 11.3. The Kier molecular flexibility index (Phi) is 6.85. The highest BCUT2D eigenvalue weighted by Crippen LogP contribution is 2.17. The van der Waals surface area contributed by atoms with Crippen LogP contribution < -0.4 is 0 Å². The number of halogens is 1. The van der Waals surface area contributed by atoms with Gasteiger partial charge < -0.3 is 4.74 Å². The zero-order valence-corrected chi connectivity index (χ0v) is 13.7. The average Bonchev–Trinajstić information content (AvgIpc) is 2.43. The second-order valence-corrected chi connectivity index (χ2v) is 7.97. The van der Waals surface area contributed by atoms with Crippen molar-refractivity contribution in [2.24, 2.45) is 5.92 Å². The first kappa shape index (κ1) is 17.3. The molecule has 1 aromatic carbocycles. The van der Waals surface area contributed by atoms with Gasteiger partial charge in [-0.05, 0) is 24.3 Å². The third-order valence-corrected chi connectivity index (χ3v) is 6.11. The van der Waals surface area contributed by atoms with E-state index < -0.39 is 9.84 Å². The molecule has 1 unspecified atom stereocenters. The summed E-state index contributed by atoms with van der Waals surface area (Å²) in [5, 5.41) is 0.505. The predicted molar refractivity (Wildman–Crippen MR) is 82.0 cm³/mol. The number of methoxy groups -OCH3 is 1. The number of thioether (sulfide) groups is 1. The predicted octanol–water partition coefficient (Wildman–Crippen LogP) is 2.66. The summed E-state index contributed by atoms with van der Waals surface area (Å²) in [6.45, 7) is 1.76. The van der Waals surface area contributed by atoms with Gasteiger partial charge in [0.2, 0.25) is 0 Å². The molecule has 0 aliphatic rings. The van der Waals surface area contributed by atoms with E-state index in [9.17, 15) is 13.2 Å². The van der Waals surface area contributed by atoms with E-state index in [-0.39, 0.29) is 22.5 Å². The van der Waals surface area contributed by atoms with Crippen LogP contribution in [0.15, 0.2) is 29.2 Å². The van der Waals surface area contributed by atoms with Crippen molar-refractivity contribution in [2.75, 3.05) is 24.4 Å². The van der Waals surface area contributed by atoms with Crippen LogP contribution in [0.5, 0.6) is 0 Å². The molecule has 0 N–H and O–H groups in total. The Morgan fingerprint density at radius 1 is 1.35 bits per heavy atom. The molecule has 0 aliphatic heterocycles. The average molecular weight is 337 g/mol. The van der Waals surface area contributed by atoms with E-state index in [1.165, 1.54) is 31.0 Å². The summed E-state index contributed by atoms with van der Waals surface area (Å²) in [4.78, 5) is 11.5. The number of esters is 1. The number of hydrogen-bond acceptors (Lipinski definition) is 5. The van der Waals surface area contributed by atoms with E-state index >= 15 is 0 Å². The van der Waals surface area contributed by atoms with E-state index in [2.05, 4.69) is 4.74 Å². The Morgan fingerprint density at radius 2 is 1.95 bits per heavy atom. The van der Waals surface area contributed by atoms with Gasteiger partial charge in [0.05, 0.1) is 23.7 Å². The van der Waals surface area contributed by atoms with Crippen LogP contribution in [0.3, 0.4) is 0 Å². The highest BCUT2D eigenvalue weighted by Gasteiger charge is 2.16. The molecule has 0 heterocycles. The lowest BCUT2D eigenvalue weighted by Crippen LogP contribution is -2.16. The molecule has 0 spiro atoms. The molecule has 0 radical (unpaired) electrons. The summed E-state index contributed by atoms with van der Waals surface area (Å²) in [5.74, 6) is 0.503. The molecule has 20 heavy (non-hydrogen) atoms. The molecule has 0 aromatic heterocycles. The monoisotopic (exact) mass is 336 g/mol. The van der Waals surface area contributed by atoms with Crippen molar-refractivity contribution in [2.45, 2.75) is 11.8 Å². The van der Waals surface area contributed by atoms with Gasteiger partial charge in [0, 0.05) is 16.5 Å². The van der Waals surface area contributed by atoms with E-state index in [4.69, 9.17) is 11.6 Å². The molecule has 0 saturated heterocycles. The van der Waals surface area contributed by atoms with Crippen molar-refractivity contribution in [3.63, 3.8) is 0 Å². The number of ether oxygens (including phenoxy) is 1. The Bertz CT molecular complexity index is 540. The molecular formula is C13H17ClO4S2. The molecule has 4 nitrogen and oxygen atoms in total. The lowest BCUT2D eigenvalue weighted by Gasteiger charge is -2.09. The van der Waals surface area contributed by atoms with Crippen molar-refractivity contribution in [3.05, 3.63) is 29.3 Å². The fourth-order valence-corrected chi connectivity index (χ4v) is 4.38. The van der Waals surface area contributed by atoms with Crippen molar-refractivity contribution < 1.29 is 17.9 Å². The van der Waals surface area contributed by atoms with Crippen molar-refractivity contribution in [1.29, 1.82) is 0 Å². The van der Waals surface area contributed by atoms with Gasteiger partial charge in [0.25, 0.3) is 0 Å². The largest absolute Gasteiger partial charge is 0.469 e. The fourth-order valence-electron chi connectivity index (χ4n) is 1.46. The maximum absolute atomic E-state index is 12.0. The van der Waals surface area contributed by atoms with Crippen LogP contribution in [0.4, 0.5) is 0 Å². The van der Waals surface area contributed by atoms with E-state index in [1.54, 1.807) is 19.1 Å². The number of carbonyl (C=O) groups excluding carboxylic acids is 1. The highest BCUT2D eigenvalue weighted by molar-refractivity contribution is 8.00. The maximum Gasteiger partial charge on any atom is 0.309 e. The first-order valence-electron chi connectivity index (χ1n) is 6.00. The van der Waals surface area contributed by atoms with Gasteiger partial charge in [-0.25, -0.2) is 8.42 Å². The van der Waals surface area contributed by atoms with E-state index in [0.717, 1.165) is 0 Å². The molecule has 7 heteroatoms. The Balaban J connectivity index is 2.45. The zero-order chi connectivity index (χ0) is 15.2. The van der Waals surface area contributed by atoms with Gasteiger partial charge in [-0.2, -0.15) is 11.8 Å². The van der Waals surface area contributed by atoms with Crippen LogP contribution >= 0.6 is 23.4 Å². The van der Waals surface area contributed by atoms with E-state index in [1.807, 2.05) is 0 Å². The topological polar surface area (TPSA) is 60.4 Å². The lowest BCUT2D eigenvalue weighted by atomic mass is 10.2. The quantitative estimate of drug-likeness (QED) is 0.566. The molecule has 1 aromatic rings. The first-order valence-corrected chi connectivity index (χ1v) is 9.19. The van der Waals surface area contributed by atoms with Crippen LogP contribution in [0, 0.1) is 5.92 Å². The van der Waals surface area contributed by atoms with Gasteiger partial charge in [-0.3, -0.25) is 4.79 Å². The molecular weight excluding hydrogens is 320 g/mol. The van der Waals surface area contributed by atoms with E-state index in [0.29, 0.717) is 16.5 Å². The van der Waals surface area contributed by atoms with Gasteiger partial charge >= 0.3 is 5.97 Å². The van der Waals surface area contributed by atoms with Crippen LogP contribution in [-0.2, 0) is 19.4 Å². The number of benzene rings is 1. The minimum atomic E-state index is -3.30. The molecule has 0 aliphatic carbocycles. The normalized spacial score (nSPS) is 12.9. The summed E-state index contributed by atoms with van der Waals surface area (Å²) in [7, 11) is -1.95. The second-order valence-electron chi connectivity index (χ2n) is 4.27. The number of carbonyl (C=O) groups is 1. The van der Waals surface area contributed by atoms with Gasteiger partial charge in [-0.15, -0.1) is 0 Å². The Hall–Kier alpha value is -0.720. The van der Waals surface area contributed by atoms with Gasteiger partial charge in [-0.1, -0.05) is 18.5 Å². The summed E-state index contributed by atoms with van der Waals surface area (Å²) in [6.07, 6.45) is 0. The molecule has 112 valence electrons. The fraction of sp³-hybridized carbons (Fsp3) is 0.462. The molecule has 0 fully saturated rings. The summed E-state index contributed by atoms with van der Waals surface area (Å²) in [5.41, 5.74) is 0. The summed E-state index contributed by atoms with van der Waals surface area (Å²) < 4.78 is 28.7. The standard InChI is InChI=1S/C13H17ClO4S2/c1-10(13(15)18-2)9-19-7-8-20(16,17)12-5-3-11(14)4-6-12/h3-6,10H,7-9H2,1-2H3. The minimum absolute atomic E-state index is 0.0349. The van der Waals surface area contributed by atoms with Crippen LogP contribution in [0.2, 0.25) is 5.02 Å². The molecule has 0 bridgehead atoms. The minimum Gasteiger partial charge on any atom is -0.469 e. The van der Waals surface area contributed by atoms with Gasteiger partial charge in [0.1, 0.15) is 0 Å². The third-order valence-electron chi connectivity index (χ3n) is 2.64. The molecule has 1 rings (SSSR count). The molecule has 0 saturated carbocycles. The van der Waals surface area contributed by atoms with Crippen molar-refractivity contribution >= 4 is 39.2 Å². The second kappa shape index (κ2) is 7.90. The first-order chi connectivity index (χ1) is 9.36. The SMILES string of the molecule is COC(=O)C(C)CSCCS(=O)(=O)c1ccc(Cl)cc1. The molecule has 0 amide bonds. The lowest BCUT2D eigenvalue weighted by molar-refractivity contribution is -0.143.